The molecule has 0 saturated heterocycles. The number of nitriles is 1. The Balaban J connectivity index is 1.99. The summed E-state index contributed by atoms with van der Waals surface area (Å²) < 4.78 is 5.40. The Bertz CT molecular complexity index is 788. The van der Waals surface area contributed by atoms with Crippen LogP contribution in [-0.2, 0) is 0 Å². The van der Waals surface area contributed by atoms with Crippen molar-refractivity contribution in [3.05, 3.63) is 95.4 Å². The first-order valence-electron chi connectivity index (χ1n) is 7.59. The van der Waals surface area contributed by atoms with Crippen molar-refractivity contribution in [3.8, 4) is 6.07 Å². The molecule has 0 bridgehead atoms. The van der Waals surface area contributed by atoms with Crippen LogP contribution < -0.4 is 5.32 Å². The summed E-state index contributed by atoms with van der Waals surface area (Å²) in [6.45, 7) is 2.08. The highest BCUT2D eigenvalue weighted by atomic mass is 16.3. The third-order valence-corrected chi connectivity index (χ3v) is 3.92. The fraction of sp³-hybridized carbons (Fsp3) is 0.150. The summed E-state index contributed by atoms with van der Waals surface area (Å²) in [4.78, 5) is 0. The third kappa shape index (κ3) is 3.33. The van der Waals surface area contributed by atoms with Gasteiger partial charge in [-0.1, -0.05) is 54.6 Å². The molecular weight excluding hydrogens is 284 g/mol. The van der Waals surface area contributed by atoms with Crippen LogP contribution >= 0.6 is 0 Å². The minimum atomic E-state index is -0.505. The number of hydrogen-bond acceptors (Lipinski definition) is 3. The average Bonchev–Trinajstić information content (AvgIpc) is 3.12. The third-order valence-electron chi connectivity index (χ3n) is 3.92. The zero-order chi connectivity index (χ0) is 16.1. The molecule has 3 heteroatoms. The van der Waals surface area contributed by atoms with Crippen molar-refractivity contribution in [2.75, 3.05) is 0 Å². The van der Waals surface area contributed by atoms with Gasteiger partial charge in [0.05, 0.1) is 18.4 Å². The number of nitrogens with zero attached hydrogens (tertiary/aromatic N) is 1. The Labute approximate surface area is 136 Å². The van der Waals surface area contributed by atoms with Gasteiger partial charge in [0.15, 0.2) is 6.04 Å². The molecule has 0 aliphatic rings. The Hall–Kier alpha value is -2.83. The molecule has 0 saturated carbocycles. The van der Waals surface area contributed by atoms with Crippen LogP contribution in [0.1, 0.15) is 34.5 Å². The van der Waals surface area contributed by atoms with Crippen LogP contribution in [0.15, 0.2) is 77.4 Å². The second kappa shape index (κ2) is 6.95. The van der Waals surface area contributed by atoms with Gasteiger partial charge in [-0.15, -0.1) is 0 Å². The van der Waals surface area contributed by atoms with Gasteiger partial charge < -0.3 is 4.42 Å². The zero-order valence-corrected chi connectivity index (χ0v) is 12.9. The van der Waals surface area contributed by atoms with E-state index in [1.54, 1.807) is 12.3 Å². The molecule has 3 nitrogen and oxygen atoms in total. The van der Waals surface area contributed by atoms with E-state index in [1.807, 2.05) is 36.4 Å². The van der Waals surface area contributed by atoms with Gasteiger partial charge in [0.2, 0.25) is 0 Å². The fourth-order valence-electron chi connectivity index (χ4n) is 2.73. The van der Waals surface area contributed by atoms with E-state index in [1.165, 1.54) is 5.56 Å². The monoisotopic (exact) mass is 302 g/mol. The summed E-state index contributed by atoms with van der Waals surface area (Å²) in [6, 6.07) is 23.7. The van der Waals surface area contributed by atoms with E-state index in [-0.39, 0.29) is 6.04 Å². The highest BCUT2D eigenvalue weighted by Gasteiger charge is 2.22. The van der Waals surface area contributed by atoms with Crippen LogP contribution in [0.3, 0.4) is 0 Å². The van der Waals surface area contributed by atoms with Gasteiger partial charge in [0.1, 0.15) is 5.76 Å². The quantitative estimate of drug-likeness (QED) is 0.753. The van der Waals surface area contributed by atoms with Gasteiger partial charge in [-0.3, -0.25) is 5.32 Å². The molecular formula is C20H18N2O. The molecule has 0 aliphatic carbocycles. The van der Waals surface area contributed by atoms with Crippen molar-refractivity contribution in [2.24, 2.45) is 0 Å². The number of rotatable bonds is 5. The molecule has 0 amide bonds. The van der Waals surface area contributed by atoms with Crippen molar-refractivity contribution in [1.82, 2.24) is 5.32 Å². The summed E-state index contributed by atoms with van der Waals surface area (Å²) in [7, 11) is 0. The molecule has 0 radical (unpaired) electrons. The van der Waals surface area contributed by atoms with Gasteiger partial charge in [0, 0.05) is 0 Å². The van der Waals surface area contributed by atoms with Crippen molar-refractivity contribution < 1.29 is 4.42 Å². The van der Waals surface area contributed by atoms with Gasteiger partial charge in [0.25, 0.3) is 0 Å². The van der Waals surface area contributed by atoms with E-state index < -0.39 is 6.04 Å². The molecule has 1 unspecified atom stereocenters. The van der Waals surface area contributed by atoms with Crippen LogP contribution in [0.2, 0.25) is 0 Å². The van der Waals surface area contributed by atoms with Gasteiger partial charge in [-0.05, 0) is 35.7 Å². The summed E-state index contributed by atoms with van der Waals surface area (Å²) >= 11 is 0. The maximum absolute atomic E-state index is 9.54. The minimum Gasteiger partial charge on any atom is -0.467 e. The second-order valence-corrected chi connectivity index (χ2v) is 5.44. The molecule has 3 aromatic rings. The lowest BCUT2D eigenvalue weighted by atomic mass is 9.94. The van der Waals surface area contributed by atoms with Crippen molar-refractivity contribution in [2.45, 2.75) is 19.0 Å². The molecule has 0 spiro atoms. The van der Waals surface area contributed by atoms with Crippen molar-refractivity contribution in [3.63, 3.8) is 0 Å². The van der Waals surface area contributed by atoms with Gasteiger partial charge >= 0.3 is 0 Å². The molecule has 23 heavy (non-hydrogen) atoms. The molecule has 2 aromatic carbocycles. The molecule has 0 aliphatic heterocycles. The van der Waals surface area contributed by atoms with Crippen molar-refractivity contribution >= 4 is 0 Å². The lowest BCUT2D eigenvalue weighted by Gasteiger charge is -2.23. The normalized spacial score (nSPS) is 13.2. The van der Waals surface area contributed by atoms with Crippen LogP contribution in [0.5, 0.6) is 0 Å². The summed E-state index contributed by atoms with van der Waals surface area (Å²) in [5.74, 6) is 0.627. The SMILES string of the molecule is Cc1ccccc1C(N[C@H](C#N)c1ccco1)c1ccccc1. The molecule has 0 fully saturated rings. The average molecular weight is 302 g/mol. The van der Waals surface area contributed by atoms with Gasteiger partial charge in [-0.2, -0.15) is 5.26 Å². The lowest BCUT2D eigenvalue weighted by Crippen LogP contribution is -2.27. The standard InChI is InChI=1S/C20H18N2O/c1-15-8-5-6-11-17(15)20(16-9-3-2-4-10-16)22-18(14-21)19-12-7-13-23-19/h2-13,18,20,22H,1H3/t18-,20?/m1/s1. The van der Waals surface area contributed by atoms with E-state index in [9.17, 15) is 5.26 Å². The summed E-state index contributed by atoms with van der Waals surface area (Å²) in [5, 5.41) is 13.0. The topological polar surface area (TPSA) is 49.0 Å². The van der Waals surface area contributed by atoms with E-state index in [2.05, 4.69) is 42.6 Å². The number of benzene rings is 2. The first-order valence-corrected chi connectivity index (χ1v) is 7.59. The Morgan fingerprint density at radius 3 is 2.35 bits per heavy atom. The Kier molecular flexibility index (Phi) is 4.56. The first kappa shape index (κ1) is 15.1. The second-order valence-electron chi connectivity index (χ2n) is 5.44. The maximum Gasteiger partial charge on any atom is 0.155 e. The van der Waals surface area contributed by atoms with Crippen LogP contribution in [0, 0.1) is 18.3 Å². The number of furan rings is 1. The number of nitrogens with one attached hydrogen (secondary N) is 1. The summed E-state index contributed by atoms with van der Waals surface area (Å²) in [5.41, 5.74) is 3.46. The highest BCUT2D eigenvalue weighted by Crippen LogP contribution is 2.28. The highest BCUT2D eigenvalue weighted by molar-refractivity contribution is 5.37. The molecule has 1 N–H and O–H groups in total. The minimum absolute atomic E-state index is 0.0767. The smallest absolute Gasteiger partial charge is 0.155 e. The predicted octanol–water partition coefficient (Wildman–Crippen LogP) is 4.53. The maximum atomic E-state index is 9.54. The van der Waals surface area contributed by atoms with Crippen LogP contribution in [0.4, 0.5) is 0 Å². The van der Waals surface area contributed by atoms with E-state index in [4.69, 9.17) is 4.42 Å². The molecule has 2 atom stereocenters. The Morgan fingerprint density at radius 1 is 0.957 bits per heavy atom. The van der Waals surface area contributed by atoms with Crippen LogP contribution in [0.25, 0.3) is 0 Å². The van der Waals surface area contributed by atoms with Crippen molar-refractivity contribution in [1.29, 1.82) is 5.26 Å². The zero-order valence-electron chi connectivity index (χ0n) is 12.9. The largest absolute Gasteiger partial charge is 0.467 e. The number of aryl methyl sites for hydroxylation is 1. The molecule has 1 aromatic heterocycles. The van der Waals surface area contributed by atoms with Crippen LogP contribution in [-0.4, -0.2) is 0 Å². The van der Waals surface area contributed by atoms with Gasteiger partial charge in [-0.25, -0.2) is 0 Å². The molecule has 1 heterocycles. The molecule has 114 valence electrons. The lowest BCUT2D eigenvalue weighted by molar-refractivity contribution is 0.439. The van der Waals surface area contributed by atoms with E-state index in [0.29, 0.717) is 5.76 Å². The Morgan fingerprint density at radius 2 is 1.70 bits per heavy atom. The first-order chi connectivity index (χ1) is 11.3. The number of hydrogen-bond donors (Lipinski definition) is 1. The molecule has 3 rings (SSSR count). The fourth-order valence-corrected chi connectivity index (χ4v) is 2.73. The van der Waals surface area contributed by atoms with E-state index in [0.717, 1.165) is 11.1 Å². The van der Waals surface area contributed by atoms with E-state index >= 15 is 0 Å². The summed E-state index contributed by atoms with van der Waals surface area (Å²) in [6.07, 6.45) is 1.59. The predicted molar refractivity (Wildman–Crippen MR) is 89.7 cm³/mol.